The zero-order valence-corrected chi connectivity index (χ0v) is 16.2. The molecule has 7 nitrogen and oxygen atoms in total. The molecule has 1 saturated heterocycles. The first-order valence-corrected chi connectivity index (χ1v) is 9.39. The first-order valence-electron chi connectivity index (χ1n) is 7.91. The summed E-state index contributed by atoms with van der Waals surface area (Å²) in [6, 6.07) is 6.15. The van der Waals surface area contributed by atoms with Crippen molar-refractivity contribution in [3.05, 3.63) is 24.3 Å². The van der Waals surface area contributed by atoms with E-state index in [2.05, 4.69) is 10.0 Å². The second-order valence-electron chi connectivity index (χ2n) is 6.93. The van der Waals surface area contributed by atoms with Crippen molar-refractivity contribution < 1.29 is 17.9 Å². The predicted octanol–water partition coefficient (Wildman–Crippen LogP) is 1.63. The summed E-state index contributed by atoms with van der Waals surface area (Å²) < 4.78 is 32.8. The summed E-state index contributed by atoms with van der Waals surface area (Å²) in [7, 11) is -3.66. The number of sulfonamides is 1. The van der Waals surface area contributed by atoms with Gasteiger partial charge in [-0.25, -0.2) is 13.1 Å². The number of hydrogen-bond acceptors (Lipinski definition) is 5. The van der Waals surface area contributed by atoms with Crippen molar-refractivity contribution in [2.24, 2.45) is 5.73 Å². The van der Waals surface area contributed by atoms with Crippen LogP contribution in [0.3, 0.4) is 0 Å². The number of nitrogens with one attached hydrogen (secondary N) is 2. The van der Waals surface area contributed by atoms with Crippen LogP contribution in [0, 0.1) is 0 Å². The van der Waals surface area contributed by atoms with Gasteiger partial charge in [0.2, 0.25) is 10.0 Å². The summed E-state index contributed by atoms with van der Waals surface area (Å²) in [4.78, 5) is 12.3. The second-order valence-corrected chi connectivity index (χ2v) is 8.61. The van der Waals surface area contributed by atoms with Crippen molar-refractivity contribution in [1.82, 2.24) is 4.72 Å². The smallest absolute Gasteiger partial charge is 0.253 e. The number of carbonyl (C=O) groups excluding carboxylic acids is 1. The minimum atomic E-state index is -3.66. The van der Waals surface area contributed by atoms with Gasteiger partial charge in [-0.05, 0) is 51.8 Å². The number of amides is 1. The summed E-state index contributed by atoms with van der Waals surface area (Å²) in [5.74, 6) is -0.288. The Morgan fingerprint density at radius 1 is 1.32 bits per heavy atom. The van der Waals surface area contributed by atoms with Crippen molar-refractivity contribution in [1.29, 1.82) is 0 Å². The highest BCUT2D eigenvalue weighted by Crippen LogP contribution is 2.22. The van der Waals surface area contributed by atoms with Gasteiger partial charge in [0.05, 0.1) is 11.0 Å². The van der Waals surface area contributed by atoms with Gasteiger partial charge in [0.1, 0.15) is 6.10 Å². The Hall–Kier alpha value is -1.19. The minimum Gasteiger partial charge on any atom is -0.364 e. The first-order chi connectivity index (χ1) is 11.1. The molecule has 2 rings (SSSR count). The third-order valence-corrected chi connectivity index (χ3v) is 5.27. The molecule has 0 saturated carbocycles. The predicted molar refractivity (Wildman–Crippen MR) is 99.3 cm³/mol. The summed E-state index contributed by atoms with van der Waals surface area (Å²) >= 11 is 0. The maximum atomic E-state index is 12.4. The van der Waals surface area contributed by atoms with Crippen LogP contribution in [-0.4, -0.2) is 38.6 Å². The Morgan fingerprint density at radius 3 is 2.56 bits per heavy atom. The summed E-state index contributed by atoms with van der Waals surface area (Å²) in [6.45, 7) is 5.68. The number of carbonyl (C=O) groups is 1. The molecule has 0 radical (unpaired) electrons. The lowest BCUT2D eigenvalue weighted by Gasteiger charge is -2.20. The van der Waals surface area contributed by atoms with Gasteiger partial charge in [-0.2, -0.15) is 0 Å². The highest BCUT2D eigenvalue weighted by molar-refractivity contribution is 7.89. The van der Waals surface area contributed by atoms with E-state index in [1.54, 1.807) is 32.9 Å². The van der Waals surface area contributed by atoms with Gasteiger partial charge < -0.3 is 15.8 Å². The molecule has 1 aliphatic heterocycles. The molecule has 0 aliphatic carbocycles. The fraction of sp³-hybridized carbons (Fsp3) is 0.562. The molecule has 0 bridgehead atoms. The molecule has 1 fully saturated rings. The van der Waals surface area contributed by atoms with Gasteiger partial charge >= 0.3 is 0 Å². The number of anilines is 1. The molecule has 0 spiro atoms. The number of rotatable bonds is 5. The molecule has 142 valence electrons. The topological polar surface area (TPSA) is 111 Å². The molecule has 1 amide bonds. The van der Waals surface area contributed by atoms with Crippen LogP contribution in [0.25, 0.3) is 0 Å². The van der Waals surface area contributed by atoms with Gasteiger partial charge in [-0.15, -0.1) is 12.4 Å². The fourth-order valence-electron chi connectivity index (χ4n) is 2.50. The van der Waals surface area contributed by atoms with Crippen molar-refractivity contribution in [3.63, 3.8) is 0 Å². The summed E-state index contributed by atoms with van der Waals surface area (Å²) in [5, 5.41) is 2.71. The first kappa shape index (κ1) is 21.9. The van der Waals surface area contributed by atoms with Gasteiger partial charge in [0.25, 0.3) is 5.91 Å². The van der Waals surface area contributed by atoms with E-state index in [1.165, 1.54) is 12.1 Å². The summed E-state index contributed by atoms with van der Waals surface area (Å²) in [5.41, 5.74) is 5.36. The molecule has 25 heavy (non-hydrogen) atoms. The zero-order chi connectivity index (χ0) is 18.0. The third-order valence-electron chi connectivity index (χ3n) is 3.52. The molecule has 1 aromatic carbocycles. The summed E-state index contributed by atoms with van der Waals surface area (Å²) in [6.07, 6.45) is 0.713. The van der Waals surface area contributed by atoms with Crippen molar-refractivity contribution in [2.45, 2.75) is 56.3 Å². The second kappa shape index (κ2) is 8.46. The van der Waals surface area contributed by atoms with E-state index in [-0.39, 0.29) is 29.3 Å². The quantitative estimate of drug-likeness (QED) is 0.706. The van der Waals surface area contributed by atoms with E-state index in [0.29, 0.717) is 18.7 Å². The number of nitrogens with two attached hydrogens (primary N) is 1. The van der Waals surface area contributed by atoms with E-state index in [0.717, 1.165) is 6.42 Å². The van der Waals surface area contributed by atoms with E-state index in [9.17, 15) is 13.2 Å². The molecule has 1 aromatic rings. The van der Waals surface area contributed by atoms with Crippen LogP contribution in [0.4, 0.5) is 5.69 Å². The standard InChI is InChI=1S/C16H25N3O4S.ClH/c1-16(2,3)19-24(21,22)13-6-4-5-11(9-13)18-15(20)14-8-7-12(10-17)23-14;/h4-6,9,12,14,19H,7-8,10,17H2,1-3H3,(H,18,20);1H/t12-,14+;/m1./s1. The Labute approximate surface area is 155 Å². The van der Waals surface area contributed by atoms with E-state index < -0.39 is 21.7 Å². The van der Waals surface area contributed by atoms with E-state index in [1.807, 2.05) is 0 Å². The maximum absolute atomic E-state index is 12.4. The molecule has 4 N–H and O–H groups in total. The van der Waals surface area contributed by atoms with Crippen LogP contribution < -0.4 is 15.8 Å². The SMILES string of the molecule is CC(C)(C)NS(=O)(=O)c1cccc(NC(=O)[C@@H]2CC[C@H](CN)O2)c1.Cl. The molecule has 2 atom stereocenters. The Balaban J connectivity index is 0.00000312. The molecule has 9 heteroatoms. The largest absolute Gasteiger partial charge is 0.364 e. The maximum Gasteiger partial charge on any atom is 0.253 e. The Bertz CT molecular complexity index is 704. The highest BCUT2D eigenvalue weighted by Gasteiger charge is 2.30. The van der Waals surface area contributed by atoms with Crippen molar-refractivity contribution >= 4 is 34.0 Å². The van der Waals surface area contributed by atoms with Crippen molar-refractivity contribution in [3.8, 4) is 0 Å². The average molecular weight is 392 g/mol. The molecule has 0 unspecified atom stereocenters. The highest BCUT2D eigenvalue weighted by atomic mass is 35.5. The lowest BCUT2D eigenvalue weighted by Crippen LogP contribution is -2.40. The van der Waals surface area contributed by atoms with Gasteiger partial charge in [-0.3, -0.25) is 4.79 Å². The lowest BCUT2D eigenvalue weighted by atomic mass is 10.1. The van der Waals surface area contributed by atoms with Crippen LogP contribution in [-0.2, 0) is 19.6 Å². The lowest BCUT2D eigenvalue weighted by molar-refractivity contribution is -0.126. The Morgan fingerprint density at radius 2 is 2.00 bits per heavy atom. The number of hydrogen-bond donors (Lipinski definition) is 3. The Kier molecular flexibility index (Phi) is 7.40. The molecular formula is C16H26ClN3O4S. The monoisotopic (exact) mass is 391 g/mol. The van der Waals surface area contributed by atoms with Crippen molar-refractivity contribution in [2.75, 3.05) is 11.9 Å². The van der Waals surface area contributed by atoms with Crippen LogP contribution in [0.2, 0.25) is 0 Å². The third kappa shape index (κ3) is 6.23. The van der Waals surface area contributed by atoms with Gasteiger partial charge in [0.15, 0.2) is 0 Å². The molecule has 1 heterocycles. The molecule has 1 aliphatic rings. The fourth-order valence-corrected chi connectivity index (χ4v) is 3.96. The number of benzene rings is 1. The normalized spacial score (nSPS) is 20.8. The van der Waals surface area contributed by atoms with Gasteiger partial charge in [-0.1, -0.05) is 6.07 Å². The number of halogens is 1. The van der Waals surface area contributed by atoms with Gasteiger partial charge in [0, 0.05) is 17.8 Å². The number of ether oxygens (including phenoxy) is 1. The average Bonchev–Trinajstić information content (AvgIpc) is 2.94. The van der Waals surface area contributed by atoms with Crippen LogP contribution in [0.5, 0.6) is 0 Å². The van der Waals surface area contributed by atoms with E-state index in [4.69, 9.17) is 10.5 Å². The van der Waals surface area contributed by atoms with Crippen LogP contribution >= 0.6 is 12.4 Å². The zero-order valence-electron chi connectivity index (χ0n) is 14.6. The molecule has 0 aromatic heterocycles. The van der Waals surface area contributed by atoms with Crippen LogP contribution in [0.15, 0.2) is 29.2 Å². The minimum absolute atomic E-state index is 0. The molecular weight excluding hydrogens is 366 g/mol. The van der Waals surface area contributed by atoms with E-state index >= 15 is 0 Å². The van der Waals surface area contributed by atoms with Crippen LogP contribution in [0.1, 0.15) is 33.6 Å².